The lowest BCUT2D eigenvalue weighted by Crippen LogP contribution is -2.41. The van der Waals surface area contributed by atoms with E-state index in [1.54, 1.807) is 12.1 Å². The molecule has 0 aromatic heterocycles. The number of aryl methyl sites for hydroxylation is 1. The highest BCUT2D eigenvalue weighted by Crippen LogP contribution is 2.21. The average Bonchev–Trinajstić information content (AvgIpc) is 2.66. The molecule has 142 valence electrons. The number of ether oxygens (including phenoxy) is 1. The fourth-order valence-electron chi connectivity index (χ4n) is 2.15. The summed E-state index contributed by atoms with van der Waals surface area (Å²) in [7, 11) is 0. The number of nitro benzene ring substituents is 1. The lowest BCUT2D eigenvalue weighted by molar-refractivity contribution is -0.384. The third kappa shape index (κ3) is 6.27. The van der Waals surface area contributed by atoms with Crippen LogP contribution in [0.2, 0.25) is 5.02 Å². The Kier molecular flexibility index (Phi) is 7.13. The van der Waals surface area contributed by atoms with Gasteiger partial charge in [0.2, 0.25) is 5.91 Å². The maximum Gasteiger partial charge on any atom is 0.270 e. The van der Waals surface area contributed by atoms with Gasteiger partial charge in [0.25, 0.3) is 11.6 Å². The van der Waals surface area contributed by atoms with E-state index >= 15 is 0 Å². The number of nitrogens with zero attached hydrogens (tertiary/aromatic N) is 1. The van der Waals surface area contributed by atoms with Crippen molar-refractivity contribution in [3.63, 3.8) is 0 Å². The summed E-state index contributed by atoms with van der Waals surface area (Å²) in [5.41, 5.74) is 5.25. The molecule has 0 unspecified atom stereocenters. The van der Waals surface area contributed by atoms with E-state index in [0.717, 1.165) is 11.6 Å². The quantitative estimate of drug-likeness (QED) is 0.428. The number of hydrogen-bond donors (Lipinski definition) is 2. The first-order chi connectivity index (χ1) is 12.9. The number of nitro groups is 1. The molecule has 0 fully saturated rings. The summed E-state index contributed by atoms with van der Waals surface area (Å²) >= 11 is 5.94. The number of rotatable bonds is 7. The minimum absolute atomic E-state index is 0.0749. The summed E-state index contributed by atoms with van der Waals surface area (Å²) in [5.74, 6) is -0.374. The Hall–Kier alpha value is -3.13. The first-order valence-electron chi connectivity index (χ1n) is 8.09. The summed E-state index contributed by atoms with van der Waals surface area (Å²) in [6.45, 7) is 2.19. The number of halogens is 1. The van der Waals surface area contributed by atoms with Crippen LogP contribution in [-0.4, -0.2) is 23.3 Å². The van der Waals surface area contributed by atoms with E-state index < -0.39 is 16.7 Å². The first-order valence-corrected chi connectivity index (χ1v) is 8.47. The van der Waals surface area contributed by atoms with Gasteiger partial charge in [0.05, 0.1) is 11.5 Å². The van der Waals surface area contributed by atoms with Crippen molar-refractivity contribution >= 4 is 29.1 Å². The molecule has 0 aliphatic heterocycles. The molecule has 0 bridgehead atoms. The Morgan fingerprint density at radius 2 is 1.96 bits per heavy atom. The maximum atomic E-state index is 11.9. The van der Waals surface area contributed by atoms with Crippen LogP contribution in [0.15, 0.2) is 42.5 Å². The van der Waals surface area contributed by atoms with E-state index in [-0.39, 0.29) is 17.7 Å². The number of carbonyl (C=O) groups is 2. The molecule has 2 N–H and O–H groups in total. The van der Waals surface area contributed by atoms with Crippen LogP contribution in [0.1, 0.15) is 28.8 Å². The molecule has 0 radical (unpaired) electrons. The van der Waals surface area contributed by atoms with Crippen LogP contribution in [0.5, 0.6) is 5.75 Å². The Morgan fingerprint density at radius 3 is 2.67 bits per heavy atom. The second-order valence-corrected chi connectivity index (χ2v) is 6.08. The maximum absolute atomic E-state index is 11.9. The van der Waals surface area contributed by atoms with Crippen molar-refractivity contribution in [2.45, 2.75) is 19.8 Å². The molecule has 0 aliphatic carbocycles. The van der Waals surface area contributed by atoms with Gasteiger partial charge >= 0.3 is 0 Å². The van der Waals surface area contributed by atoms with Crippen molar-refractivity contribution in [1.29, 1.82) is 0 Å². The highest BCUT2D eigenvalue weighted by Gasteiger charge is 2.12. The third-order valence-corrected chi connectivity index (χ3v) is 4.01. The van der Waals surface area contributed by atoms with Crippen molar-refractivity contribution in [3.05, 3.63) is 68.7 Å². The first kappa shape index (κ1) is 20.2. The predicted molar refractivity (Wildman–Crippen MR) is 99.6 cm³/mol. The lowest BCUT2D eigenvalue weighted by Gasteiger charge is -2.09. The molecule has 0 atom stereocenters. The van der Waals surface area contributed by atoms with E-state index in [2.05, 4.69) is 10.9 Å². The molecular formula is C18H18ClN3O5. The van der Waals surface area contributed by atoms with Crippen molar-refractivity contribution in [3.8, 4) is 5.75 Å². The van der Waals surface area contributed by atoms with Gasteiger partial charge in [-0.2, -0.15) is 0 Å². The van der Waals surface area contributed by atoms with Gasteiger partial charge < -0.3 is 4.74 Å². The molecule has 2 amide bonds. The van der Waals surface area contributed by atoms with Crippen LogP contribution in [0, 0.1) is 17.0 Å². The van der Waals surface area contributed by atoms with Gasteiger partial charge in [0.1, 0.15) is 5.75 Å². The van der Waals surface area contributed by atoms with E-state index in [1.165, 1.54) is 18.2 Å². The van der Waals surface area contributed by atoms with Crippen molar-refractivity contribution < 1.29 is 19.2 Å². The summed E-state index contributed by atoms with van der Waals surface area (Å²) in [4.78, 5) is 33.8. The number of carbonyl (C=O) groups excluding carboxylic acids is 2. The topological polar surface area (TPSA) is 111 Å². The Labute approximate surface area is 160 Å². The van der Waals surface area contributed by atoms with Gasteiger partial charge in [0.15, 0.2) is 0 Å². The number of amides is 2. The summed E-state index contributed by atoms with van der Waals surface area (Å²) < 4.78 is 5.53. The molecular weight excluding hydrogens is 374 g/mol. The van der Waals surface area contributed by atoms with Gasteiger partial charge in [0, 0.05) is 29.1 Å². The molecule has 8 nitrogen and oxygen atoms in total. The van der Waals surface area contributed by atoms with E-state index in [9.17, 15) is 19.7 Å². The summed E-state index contributed by atoms with van der Waals surface area (Å²) in [5, 5.41) is 11.4. The molecule has 0 saturated heterocycles. The van der Waals surface area contributed by atoms with Crippen LogP contribution in [0.3, 0.4) is 0 Å². The van der Waals surface area contributed by atoms with Crippen molar-refractivity contribution in [2.75, 3.05) is 6.61 Å². The SMILES string of the molecule is Cc1cc(OCCCC(=O)NNC(=O)c2cccc([N+](=O)[O-])c2)ccc1Cl. The molecule has 0 aliphatic rings. The predicted octanol–water partition coefficient (Wildman–Crippen LogP) is 3.18. The van der Waals surface area contributed by atoms with E-state index in [1.807, 2.05) is 13.0 Å². The molecule has 0 heterocycles. The second kappa shape index (κ2) is 9.54. The van der Waals surface area contributed by atoms with Gasteiger partial charge in [-0.25, -0.2) is 0 Å². The van der Waals surface area contributed by atoms with E-state index in [0.29, 0.717) is 23.8 Å². The number of benzene rings is 2. The number of nitrogens with one attached hydrogen (secondary N) is 2. The monoisotopic (exact) mass is 391 g/mol. The molecule has 0 saturated carbocycles. The highest BCUT2D eigenvalue weighted by atomic mass is 35.5. The molecule has 2 aromatic rings. The van der Waals surface area contributed by atoms with Gasteiger partial charge in [-0.05, 0) is 43.2 Å². The average molecular weight is 392 g/mol. The fourth-order valence-corrected chi connectivity index (χ4v) is 2.27. The van der Waals surface area contributed by atoms with Crippen LogP contribution in [0.25, 0.3) is 0 Å². The number of hydrazine groups is 1. The lowest BCUT2D eigenvalue weighted by atomic mass is 10.2. The van der Waals surface area contributed by atoms with Crippen molar-refractivity contribution in [1.82, 2.24) is 10.9 Å². The van der Waals surface area contributed by atoms with Crippen LogP contribution < -0.4 is 15.6 Å². The zero-order valence-corrected chi connectivity index (χ0v) is 15.3. The highest BCUT2D eigenvalue weighted by molar-refractivity contribution is 6.31. The minimum atomic E-state index is -0.639. The summed E-state index contributed by atoms with van der Waals surface area (Å²) in [6, 6.07) is 10.5. The standard InChI is InChI=1S/C18H18ClN3O5/c1-12-10-15(7-8-16(12)19)27-9-3-6-17(23)20-21-18(24)13-4-2-5-14(11-13)22(25)26/h2,4-5,7-8,10-11H,3,6,9H2,1H3,(H,20,23)(H,21,24). The van der Waals surface area contributed by atoms with Crippen LogP contribution in [-0.2, 0) is 4.79 Å². The minimum Gasteiger partial charge on any atom is -0.494 e. The number of non-ortho nitro benzene ring substituents is 1. The molecule has 9 heteroatoms. The van der Waals surface area contributed by atoms with E-state index in [4.69, 9.17) is 16.3 Å². The molecule has 27 heavy (non-hydrogen) atoms. The zero-order valence-electron chi connectivity index (χ0n) is 14.5. The number of hydrogen-bond acceptors (Lipinski definition) is 5. The zero-order chi connectivity index (χ0) is 19.8. The second-order valence-electron chi connectivity index (χ2n) is 5.67. The largest absolute Gasteiger partial charge is 0.494 e. The fraction of sp³-hybridized carbons (Fsp3) is 0.222. The Morgan fingerprint density at radius 1 is 1.19 bits per heavy atom. The molecule has 2 rings (SSSR count). The normalized spacial score (nSPS) is 10.1. The van der Waals surface area contributed by atoms with Crippen LogP contribution >= 0.6 is 11.6 Å². The third-order valence-electron chi connectivity index (χ3n) is 3.58. The summed E-state index contributed by atoms with van der Waals surface area (Å²) in [6.07, 6.45) is 0.585. The molecule has 0 spiro atoms. The Balaban J connectivity index is 1.71. The van der Waals surface area contributed by atoms with Gasteiger partial charge in [-0.1, -0.05) is 17.7 Å². The van der Waals surface area contributed by atoms with Crippen LogP contribution in [0.4, 0.5) is 5.69 Å². The smallest absolute Gasteiger partial charge is 0.270 e. The molecule has 2 aromatic carbocycles. The van der Waals surface area contributed by atoms with Crippen molar-refractivity contribution in [2.24, 2.45) is 0 Å². The van der Waals surface area contributed by atoms with Gasteiger partial charge in [-0.15, -0.1) is 0 Å². The Bertz CT molecular complexity index is 857. The van der Waals surface area contributed by atoms with Gasteiger partial charge in [-0.3, -0.25) is 30.6 Å².